The molecule has 1 heterocycles. The molecule has 0 aromatic carbocycles. The second kappa shape index (κ2) is 6.22. The predicted octanol–water partition coefficient (Wildman–Crippen LogP) is 2.97. The molecule has 20 heavy (non-hydrogen) atoms. The van der Waals surface area contributed by atoms with Gasteiger partial charge in [0.25, 0.3) is 0 Å². The van der Waals surface area contributed by atoms with Gasteiger partial charge in [-0.3, -0.25) is 9.69 Å². The molecule has 2 rings (SSSR count). The van der Waals surface area contributed by atoms with Crippen molar-refractivity contribution in [3.05, 3.63) is 16.1 Å². The van der Waals surface area contributed by atoms with Crippen molar-refractivity contribution in [2.24, 2.45) is 0 Å². The van der Waals surface area contributed by atoms with E-state index in [-0.39, 0.29) is 11.4 Å². The lowest BCUT2D eigenvalue weighted by Crippen LogP contribution is -2.32. The van der Waals surface area contributed by atoms with E-state index in [1.165, 1.54) is 12.8 Å². The predicted molar refractivity (Wildman–Crippen MR) is 80.9 cm³/mol. The molecule has 0 atom stereocenters. The van der Waals surface area contributed by atoms with Gasteiger partial charge in [0.05, 0.1) is 23.9 Å². The first-order valence-corrected chi connectivity index (χ1v) is 8.12. The Bertz CT molecular complexity index is 461. The fourth-order valence-electron chi connectivity index (χ4n) is 2.06. The average Bonchev–Trinajstić information content (AvgIpc) is 3.07. The normalized spacial score (nSPS) is 15.7. The summed E-state index contributed by atoms with van der Waals surface area (Å²) >= 11 is 1.71. The zero-order valence-electron chi connectivity index (χ0n) is 12.8. The van der Waals surface area contributed by atoms with Crippen molar-refractivity contribution in [3.8, 4) is 0 Å². The smallest absolute Gasteiger partial charge is 0.320 e. The number of hydrogen-bond donors (Lipinski definition) is 0. The van der Waals surface area contributed by atoms with Crippen LogP contribution < -0.4 is 0 Å². The van der Waals surface area contributed by atoms with Gasteiger partial charge in [0, 0.05) is 23.4 Å². The van der Waals surface area contributed by atoms with E-state index in [0.717, 1.165) is 17.2 Å². The molecular formula is C15H24N2O2S. The molecule has 0 amide bonds. The molecule has 0 spiro atoms. The van der Waals surface area contributed by atoms with E-state index in [2.05, 4.69) is 31.1 Å². The molecule has 1 fully saturated rings. The molecule has 1 aromatic heterocycles. The molecule has 1 saturated carbocycles. The summed E-state index contributed by atoms with van der Waals surface area (Å²) < 4.78 is 5.05. The number of esters is 1. The Hall–Kier alpha value is -0.940. The highest BCUT2D eigenvalue weighted by molar-refractivity contribution is 7.09. The van der Waals surface area contributed by atoms with Gasteiger partial charge >= 0.3 is 5.97 Å². The summed E-state index contributed by atoms with van der Waals surface area (Å²) in [5.74, 6) is -0.134. The van der Waals surface area contributed by atoms with Crippen molar-refractivity contribution in [2.45, 2.75) is 58.5 Å². The SMILES string of the molecule is CCOC(=O)CN(Cc1csc(C(C)(C)C)n1)C1CC1. The maximum atomic E-state index is 11.7. The third kappa shape index (κ3) is 4.28. The van der Waals surface area contributed by atoms with Crippen LogP contribution in [-0.2, 0) is 21.5 Å². The van der Waals surface area contributed by atoms with Crippen LogP contribution in [-0.4, -0.2) is 35.0 Å². The van der Waals surface area contributed by atoms with E-state index in [4.69, 9.17) is 9.72 Å². The summed E-state index contributed by atoms with van der Waals surface area (Å²) in [6.45, 7) is 9.93. The Morgan fingerprint density at radius 3 is 2.70 bits per heavy atom. The molecule has 0 bridgehead atoms. The summed E-state index contributed by atoms with van der Waals surface area (Å²) in [4.78, 5) is 18.6. The van der Waals surface area contributed by atoms with Crippen LogP contribution in [0.15, 0.2) is 5.38 Å². The van der Waals surface area contributed by atoms with Gasteiger partial charge in [-0.1, -0.05) is 20.8 Å². The molecule has 5 heteroatoms. The zero-order chi connectivity index (χ0) is 14.8. The Labute approximate surface area is 125 Å². The molecule has 0 unspecified atom stereocenters. The van der Waals surface area contributed by atoms with E-state index in [1.807, 2.05) is 6.92 Å². The highest BCUT2D eigenvalue weighted by Crippen LogP contribution is 2.30. The lowest BCUT2D eigenvalue weighted by molar-refractivity contribution is -0.144. The molecule has 4 nitrogen and oxygen atoms in total. The Kier molecular flexibility index (Phi) is 4.81. The number of thiazole rings is 1. The van der Waals surface area contributed by atoms with Gasteiger partial charge < -0.3 is 4.74 Å². The van der Waals surface area contributed by atoms with Gasteiger partial charge in [0.2, 0.25) is 0 Å². The molecule has 1 aliphatic carbocycles. The van der Waals surface area contributed by atoms with Crippen LogP contribution in [0.3, 0.4) is 0 Å². The van der Waals surface area contributed by atoms with Crippen LogP contribution in [0.4, 0.5) is 0 Å². The Balaban J connectivity index is 1.98. The minimum absolute atomic E-state index is 0.0917. The van der Waals surface area contributed by atoms with Gasteiger partial charge in [0.15, 0.2) is 0 Å². The second-order valence-corrected chi connectivity index (χ2v) is 7.19. The number of carbonyl (C=O) groups is 1. The number of rotatable bonds is 6. The summed E-state index contributed by atoms with van der Waals surface area (Å²) in [5, 5.41) is 3.26. The Morgan fingerprint density at radius 2 is 2.20 bits per heavy atom. The van der Waals surface area contributed by atoms with Gasteiger partial charge in [-0.2, -0.15) is 0 Å². The third-order valence-electron chi connectivity index (χ3n) is 3.26. The van der Waals surface area contributed by atoms with E-state index in [1.54, 1.807) is 11.3 Å². The van der Waals surface area contributed by atoms with E-state index in [9.17, 15) is 4.79 Å². The van der Waals surface area contributed by atoms with Crippen LogP contribution in [0.25, 0.3) is 0 Å². The zero-order valence-corrected chi connectivity index (χ0v) is 13.6. The maximum absolute atomic E-state index is 11.7. The van der Waals surface area contributed by atoms with Crippen LogP contribution in [0.1, 0.15) is 51.2 Å². The average molecular weight is 296 g/mol. The fraction of sp³-hybridized carbons (Fsp3) is 0.733. The lowest BCUT2D eigenvalue weighted by atomic mass is 9.98. The highest BCUT2D eigenvalue weighted by Gasteiger charge is 2.31. The largest absolute Gasteiger partial charge is 0.465 e. The second-order valence-electron chi connectivity index (χ2n) is 6.34. The topological polar surface area (TPSA) is 42.4 Å². The van der Waals surface area contributed by atoms with Gasteiger partial charge in [-0.05, 0) is 19.8 Å². The van der Waals surface area contributed by atoms with E-state index >= 15 is 0 Å². The van der Waals surface area contributed by atoms with E-state index in [0.29, 0.717) is 19.2 Å². The fourth-order valence-corrected chi connectivity index (χ4v) is 2.96. The molecular weight excluding hydrogens is 272 g/mol. The number of hydrogen-bond acceptors (Lipinski definition) is 5. The van der Waals surface area contributed by atoms with Crippen LogP contribution >= 0.6 is 11.3 Å². The van der Waals surface area contributed by atoms with Crippen LogP contribution in [0, 0.1) is 0 Å². The maximum Gasteiger partial charge on any atom is 0.320 e. The molecule has 1 aliphatic rings. The molecule has 1 aromatic rings. The summed E-state index contributed by atoms with van der Waals surface area (Å²) in [6.07, 6.45) is 2.35. The van der Waals surface area contributed by atoms with Crippen molar-refractivity contribution in [2.75, 3.05) is 13.2 Å². The number of aromatic nitrogens is 1. The summed E-state index contributed by atoms with van der Waals surface area (Å²) in [6, 6.07) is 0.527. The third-order valence-corrected chi connectivity index (χ3v) is 4.58. The van der Waals surface area contributed by atoms with Crippen molar-refractivity contribution in [3.63, 3.8) is 0 Å². The number of nitrogens with zero attached hydrogens (tertiary/aromatic N) is 2. The molecule has 0 saturated heterocycles. The van der Waals surface area contributed by atoms with Gasteiger partial charge in [-0.25, -0.2) is 4.98 Å². The van der Waals surface area contributed by atoms with Crippen molar-refractivity contribution in [1.29, 1.82) is 0 Å². The van der Waals surface area contributed by atoms with Gasteiger partial charge in [0.1, 0.15) is 0 Å². The van der Waals surface area contributed by atoms with Crippen LogP contribution in [0.2, 0.25) is 0 Å². The minimum Gasteiger partial charge on any atom is -0.465 e. The first-order chi connectivity index (χ1) is 9.40. The minimum atomic E-state index is -0.134. The monoisotopic (exact) mass is 296 g/mol. The number of ether oxygens (including phenoxy) is 1. The first kappa shape index (κ1) is 15.4. The lowest BCUT2D eigenvalue weighted by Gasteiger charge is -2.19. The first-order valence-electron chi connectivity index (χ1n) is 7.24. The standard InChI is InChI=1S/C15H24N2O2S/c1-5-19-13(18)9-17(12-6-7-12)8-11-10-20-14(16-11)15(2,3)4/h10,12H,5-9H2,1-4H3. The molecule has 0 N–H and O–H groups in total. The summed E-state index contributed by atoms with van der Waals surface area (Å²) in [7, 11) is 0. The molecule has 0 radical (unpaired) electrons. The van der Waals surface area contributed by atoms with E-state index < -0.39 is 0 Å². The molecule has 112 valence electrons. The quantitative estimate of drug-likeness (QED) is 0.757. The van der Waals surface area contributed by atoms with Crippen molar-refractivity contribution >= 4 is 17.3 Å². The van der Waals surface area contributed by atoms with Crippen molar-refractivity contribution in [1.82, 2.24) is 9.88 Å². The number of carbonyl (C=O) groups excluding carboxylic acids is 1. The van der Waals surface area contributed by atoms with Gasteiger partial charge in [-0.15, -0.1) is 11.3 Å². The highest BCUT2D eigenvalue weighted by atomic mass is 32.1. The Morgan fingerprint density at radius 1 is 1.50 bits per heavy atom. The van der Waals surface area contributed by atoms with Crippen LogP contribution in [0.5, 0.6) is 0 Å². The summed E-state index contributed by atoms with van der Waals surface area (Å²) in [5.41, 5.74) is 1.16. The van der Waals surface area contributed by atoms with Crippen molar-refractivity contribution < 1.29 is 9.53 Å². The molecule has 0 aliphatic heterocycles.